The second-order valence-corrected chi connectivity index (χ2v) is 9.75. The molecule has 1 atom stereocenters. The zero-order valence-electron chi connectivity index (χ0n) is 21.0. The number of aromatic nitrogens is 1. The minimum atomic E-state index is -1.10. The van der Waals surface area contributed by atoms with Crippen molar-refractivity contribution in [3.8, 4) is 16.9 Å². The number of ketones is 1. The van der Waals surface area contributed by atoms with Gasteiger partial charge in [0.1, 0.15) is 18.3 Å². The number of nitrogens with zero attached hydrogens (tertiary/aromatic N) is 2. The lowest BCUT2D eigenvalue weighted by Crippen LogP contribution is -2.47. The van der Waals surface area contributed by atoms with Gasteiger partial charge in [-0.1, -0.05) is 24.3 Å². The number of carbonyl (C=O) groups is 3. The highest BCUT2D eigenvalue weighted by Gasteiger charge is 2.45. The van der Waals surface area contributed by atoms with E-state index in [0.29, 0.717) is 37.1 Å². The minimum Gasteiger partial charge on any atom is -0.491 e. The number of amides is 2. The third-order valence-electron chi connectivity index (χ3n) is 7.35. The van der Waals surface area contributed by atoms with Crippen LogP contribution in [0.5, 0.6) is 5.75 Å². The van der Waals surface area contributed by atoms with Gasteiger partial charge in [-0.3, -0.25) is 14.5 Å². The zero-order valence-corrected chi connectivity index (χ0v) is 21.0. The van der Waals surface area contributed by atoms with E-state index in [1.54, 1.807) is 24.3 Å². The Kier molecular flexibility index (Phi) is 7.56. The van der Waals surface area contributed by atoms with Crippen LogP contribution in [0.15, 0.2) is 60.8 Å². The first kappa shape index (κ1) is 26.3. The van der Waals surface area contributed by atoms with Crippen molar-refractivity contribution in [3.63, 3.8) is 0 Å². The van der Waals surface area contributed by atoms with Crippen LogP contribution < -0.4 is 15.0 Å². The summed E-state index contributed by atoms with van der Waals surface area (Å²) in [5.41, 5.74) is 2.54. The molecule has 1 aromatic heterocycles. The van der Waals surface area contributed by atoms with Crippen molar-refractivity contribution in [1.29, 1.82) is 0 Å². The van der Waals surface area contributed by atoms with Gasteiger partial charge in [0.15, 0.2) is 5.78 Å². The van der Waals surface area contributed by atoms with Gasteiger partial charge in [-0.15, -0.1) is 0 Å². The van der Waals surface area contributed by atoms with Gasteiger partial charge in [0.05, 0.1) is 18.5 Å². The number of hydrogen-bond donors (Lipinski definition) is 3. The number of anilines is 2. The van der Waals surface area contributed by atoms with Gasteiger partial charge in [-0.05, 0) is 67.0 Å². The lowest BCUT2D eigenvalue weighted by Gasteiger charge is -2.38. The molecule has 9 nitrogen and oxygen atoms in total. The molecule has 39 heavy (non-hydrogen) atoms. The Balaban J connectivity index is 1.47. The number of rotatable bonds is 7. The molecule has 1 unspecified atom stereocenters. The molecule has 1 aliphatic carbocycles. The average molecular weight is 534 g/mol. The summed E-state index contributed by atoms with van der Waals surface area (Å²) in [5, 5.41) is 20.5. The maximum absolute atomic E-state index is 14.2. The summed E-state index contributed by atoms with van der Waals surface area (Å²) in [6.45, 7) is 0.107. The van der Waals surface area contributed by atoms with E-state index in [9.17, 15) is 18.8 Å². The van der Waals surface area contributed by atoms with Crippen LogP contribution in [-0.4, -0.2) is 52.2 Å². The Labute approximate surface area is 224 Å². The maximum Gasteiger partial charge on any atom is 0.404 e. The number of aliphatic hydroxyl groups excluding tert-OH is 1. The Morgan fingerprint density at radius 1 is 1.05 bits per heavy atom. The molecule has 2 heterocycles. The zero-order chi connectivity index (χ0) is 27.5. The second kappa shape index (κ2) is 11.2. The minimum absolute atomic E-state index is 0.0853. The van der Waals surface area contributed by atoms with Crippen LogP contribution in [0.25, 0.3) is 11.1 Å². The van der Waals surface area contributed by atoms with E-state index in [-0.39, 0.29) is 36.4 Å². The molecule has 0 radical (unpaired) electrons. The largest absolute Gasteiger partial charge is 0.491 e. The molecule has 0 spiro atoms. The number of ether oxygens (including phenoxy) is 1. The van der Waals surface area contributed by atoms with Crippen LogP contribution in [0, 0.1) is 17.8 Å². The van der Waals surface area contributed by atoms with Crippen LogP contribution >= 0.6 is 0 Å². The van der Waals surface area contributed by atoms with Gasteiger partial charge in [-0.25, -0.2) is 9.78 Å². The number of fused-ring (bicyclic) bond motifs is 1. The molecule has 2 aliphatic rings. The molecular formula is C29H28FN3O6. The Morgan fingerprint density at radius 3 is 2.49 bits per heavy atom. The average Bonchev–Trinajstić information content (AvgIpc) is 2.93. The van der Waals surface area contributed by atoms with E-state index < -0.39 is 29.6 Å². The normalized spacial score (nSPS) is 20.9. The van der Waals surface area contributed by atoms with Gasteiger partial charge in [0, 0.05) is 23.4 Å². The molecule has 202 valence electrons. The SMILES string of the molecule is O=C(O)NC1CCC(C2C(=O)c3cc(F)ncc3N(c3cccc(-c4ccc(OCCO)cc4)c3)C2=O)CC1. The molecule has 1 aliphatic heterocycles. The van der Waals surface area contributed by atoms with Crippen LogP contribution in [0.1, 0.15) is 36.0 Å². The third-order valence-corrected chi connectivity index (χ3v) is 7.35. The van der Waals surface area contributed by atoms with Gasteiger partial charge in [0.25, 0.3) is 0 Å². The van der Waals surface area contributed by atoms with Crippen LogP contribution in [0.2, 0.25) is 0 Å². The van der Waals surface area contributed by atoms with E-state index in [1.165, 1.54) is 11.1 Å². The summed E-state index contributed by atoms with van der Waals surface area (Å²) in [4.78, 5) is 43.7. The van der Waals surface area contributed by atoms with E-state index in [1.807, 2.05) is 24.3 Å². The van der Waals surface area contributed by atoms with Crippen molar-refractivity contribution >= 4 is 29.2 Å². The Morgan fingerprint density at radius 2 is 1.79 bits per heavy atom. The first-order valence-corrected chi connectivity index (χ1v) is 12.8. The predicted octanol–water partition coefficient (Wildman–Crippen LogP) is 4.56. The van der Waals surface area contributed by atoms with Crippen molar-refractivity contribution in [2.75, 3.05) is 18.1 Å². The standard InChI is InChI=1S/C29H28FN3O6/c30-25-15-23-24(16-31-25)33(28(36)26(27(23)35)18-4-8-20(9-5-18)32-29(37)38)21-3-1-2-19(14-21)17-6-10-22(11-7-17)39-13-12-34/h1-3,6-7,10-11,14-16,18,20,26,32,34H,4-5,8-9,12-13H2,(H,37,38). The topological polar surface area (TPSA) is 129 Å². The molecule has 10 heteroatoms. The van der Waals surface area contributed by atoms with E-state index in [2.05, 4.69) is 10.3 Å². The fourth-order valence-electron chi connectivity index (χ4n) is 5.52. The number of hydrogen-bond acceptors (Lipinski definition) is 6. The number of carboxylic acid groups (broad SMARTS) is 1. The molecule has 0 bridgehead atoms. The summed E-state index contributed by atoms with van der Waals surface area (Å²) in [6.07, 6.45) is 2.13. The van der Waals surface area contributed by atoms with Crippen molar-refractivity contribution in [2.24, 2.45) is 11.8 Å². The highest BCUT2D eigenvalue weighted by atomic mass is 19.1. The van der Waals surface area contributed by atoms with E-state index >= 15 is 0 Å². The quantitative estimate of drug-likeness (QED) is 0.300. The first-order chi connectivity index (χ1) is 18.9. The lowest BCUT2D eigenvalue weighted by atomic mass is 9.73. The third kappa shape index (κ3) is 5.46. The lowest BCUT2D eigenvalue weighted by molar-refractivity contribution is -0.122. The molecule has 2 aromatic carbocycles. The van der Waals surface area contributed by atoms with Crippen molar-refractivity contribution in [2.45, 2.75) is 31.7 Å². The predicted molar refractivity (Wildman–Crippen MR) is 141 cm³/mol. The van der Waals surface area contributed by atoms with Crippen molar-refractivity contribution in [3.05, 3.63) is 72.3 Å². The number of nitrogens with one attached hydrogen (secondary N) is 1. The number of halogens is 1. The molecule has 2 amide bonds. The molecule has 3 aromatic rings. The highest BCUT2D eigenvalue weighted by molar-refractivity contribution is 6.24. The summed E-state index contributed by atoms with van der Waals surface area (Å²) in [6, 6.07) is 15.4. The number of aliphatic hydroxyl groups is 1. The number of Topliss-reactive ketones (excluding diaryl/α,β-unsaturated/α-hetero) is 1. The fourth-order valence-corrected chi connectivity index (χ4v) is 5.52. The van der Waals surface area contributed by atoms with Gasteiger partial charge < -0.3 is 20.3 Å². The molecule has 1 saturated carbocycles. The van der Waals surface area contributed by atoms with Crippen LogP contribution in [-0.2, 0) is 4.79 Å². The summed E-state index contributed by atoms with van der Waals surface area (Å²) < 4.78 is 19.6. The van der Waals surface area contributed by atoms with Gasteiger partial charge in [-0.2, -0.15) is 4.39 Å². The van der Waals surface area contributed by atoms with Gasteiger partial charge >= 0.3 is 6.09 Å². The van der Waals surface area contributed by atoms with Crippen LogP contribution in [0.4, 0.5) is 20.6 Å². The molecule has 3 N–H and O–H groups in total. The maximum atomic E-state index is 14.2. The highest BCUT2D eigenvalue weighted by Crippen LogP contribution is 2.42. The molecule has 5 rings (SSSR count). The van der Waals surface area contributed by atoms with E-state index in [0.717, 1.165) is 17.2 Å². The molecular weight excluding hydrogens is 505 g/mol. The van der Waals surface area contributed by atoms with Crippen molar-refractivity contribution < 1.29 is 33.7 Å². The number of benzene rings is 2. The number of carbonyl (C=O) groups excluding carboxylic acids is 2. The summed E-state index contributed by atoms with van der Waals surface area (Å²) in [5.74, 6) is -2.32. The fraction of sp³-hybridized carbons (Fsp3) is 0.310. The summed E-state index contributed by atoms with van der Waals surface area (Å²) >= 11 is 0. The Hall–Kier alpha value is -4.31. The monoisotopic (exact) mass is 533 g/mol. The molecule has 1 fully saturated rings. The van der Waals surface area contributed by atoms with Crippen LogP contribution in [0.3, 0.4) is 0 Å². The Bertz CT molecular complexity index is 1390. The van der Waals surface area contributed by atoms with Crippen molar-refractivity contribution in [1.82, 2.24) is 10.3 Å². The van der Waals surface area contributed by atoms with E-state index in [4.69, 9.17) is 14.9 Å². The molecule has 0 saturated heterocycles. The first-order valence-electron chi connectivity index (χ1n) is 12.8. The number of pyridine rings is 1. The van der Waals surface area contributed by atoms with Gasteiger partial charge in [0.2, 0.25) is 11.9 Å². The summed E-state index contributed by atoms with van der Waals surface area (Å²) in [7, 11) is 0. The smallest absolute Gasteiger partial charge is 0.404 e. The second-order valence-electron chi connectivity index (χ2n) is 9.75.